The lowest BCUT2D eigenvalue weighted by atomic mass is 9.52. The summed E-state index contributed by atoms with van der Waals surface area (Å²) in [5.74, 6) is 2.15. The molecule has 0 aliphatic heterocycles. The summed E-state index contributed by atoms with van der Waals surface area (Å²) in [5, 5.41) is 32.9. The molecule has 3 heterocycles. The van der Waals surface area contributed by atoms with Crippen molar-refractivity contribution in [3.05, 3.63) is 24.4 Å². The van der Waals surface area contributed by atoms with Gasteiger partial charge in [-0.3, -0.25) is 0 Å². The van der Waals surface area contributed by atoms with Crippen molar-refractivity contribution in [1.82, 2.24) is 20.2 Å². The van der Waals surface area contributed by atoms with Crippen molar-refractivity contribution in [3.8, 4) is 11.5 Å². The molecule has 0 saturated heterocycles. The highest BCUT2D eigenvalue weighted by molar-refractivity contribution is 5.97. The zero-order chi connectivity index (χ0) is 18.9. The average Bonchev–Trinajstić information content (AvgIpc) is 3.32. The lowest BCUT2D eigenvalue weighted by Gasteiger charge is -2.58. The molecule has 4 saturated carbocycles. The second-order valence-electron chi connectivity index (χ2n) is 8.81. The number of hydrogen-bond donors (Lipinski definition) is 4. The van der Waals surface area contributed by atoms with Gasteiger partial charge in [0.25, 0.3) is 5.89 Å². The minimum Gasteiger partial charge on any atom is -0.418 e. The van der Waals surface area contributed by atoms with Gasteiger partial charge in [-0.15, -0.1) is 10.2 Å². The van der Waals surface area contributed by atoms with E-state index in [0.717, 1.165) is 41.5 Å². The molecule has 28 heavy (non-hydrogen) atoms. The third-order valence-corrected chi connectivity index (χ3v) is 6.97. The molecule has 4 N–H and O–H groups in total. The summed E-state index contributed by atoms with van der Waals surface area (Å²) in [6.45, 7) is -0.289. The maximum atomic E-state index is 10.9. The maximum absolute atomic E-state index is 10.9. The fourth-order valence-corrected chi connectivity index (χ4v) is 6.14. The highest BCUT2D eigenvalue weighted by atomic mass is 16.4. The van der Waals surface area contributed by atoms with Crippen LogP contribution in [0.15, 0.2) is 22.9 Å². The molecular formula is C20H23N5O3. The molecule has 8 heteroatoms. The van der Waals surface area contributed by atoms with Gasteiger partial charge in [-0.25, -0.2) is 4.98 Å². The van der Waals surface area contributed by atoms with Gasteiger partial charge in [0.15, 0.2) is 0 Å². The number of aromatic nitrogens is 4. The number of nitrogens with one attached hydrogen (secondary N) is 2. The van der Waals surface area contributed by atoms with E-state index in [9.17, 15) is 10.2 Å². The van der Waals surface area contributed by atoms with Gasteiger partial charge < -0.3 is 24.9 Å². The molecule has 4 bridgehead atoms. The molecule has 146 valence electrons. The smallest absolute Gasteiger partial charge is 0.251 e. The summed E-state index contributed by atoms with van der Waals surface area (Å²) in [6, 6.07) is 2.32. The van der Waals surface area contributed by atoms with Crippen molar-refractivity contribution < 1.29 is 14.6 Å². The van der Waals surface area contributed by atoms with Crippen molar-refractivity contribution in [1.29, 1.82) is 0 Å². The first-order valence-corrected chi connectivity index (χ1v) is 10.0. The van der Waals surface area contributed by atoms with Gasteiger partial charge in [0.05, 0.1) is 16.9 Å². The molecule has 3 aromatic heterocycles. The summed E-state index contributed by atoms with van der Waals surface area (Å²) in [7, 11) is 0. The molecule has 0 radical (unpaired) electrons. The molecule has 8 nitrogen and oxygen atoms in total. The van der Waals surface area contributed by atoms with Gasteiger partial charge in [0, 0.05) is 23.8 Å². The largest absolute Gasteiger partial charge is 0.418 e. The number of anilines is 1. The molecule has 4 aliphatic rings. The number of pyridine rings is 1. The number of aliphatic hydroxyl groups is 2. The SMILES string of the molecule is OCc1nnc(-c2cnc3[nH]ccc3c2N[C@@H]2[C@@H]3CC4C[C@H]2C[C@@](O)(C4)C3)o1. The minimum absolute atomic E-state index is 0.187. The van der Waals surface area contributed by atoms with Crippen molar-refractivity contribution in [2.45, 2.75) is 50.4 Å². The van der Waals surface area contributed by atoms with Crippen LogP contribution < -0.4 is 5.32 Å². The molecule has 3 aromatic rings. The van der Waals surface area contributed by atoms with Crippen molar-refractivity contribution >= 4 is 16.7 Å². The molecule has 7 rings (SSSR count). The first-order valence-electron chi connectivity index (χ1n) is 10.0. The number of nitrogens with zero attached hydrogens (tertiary/aromatic N) is 3. The summed E-state index contributed by atoms with van der Waals surface area (Å²) >= 11 is 0. The summed E-state index contributed by atoms with van der Waals surface area (Å²) in [6.07, 6.45) is 8.71. The van der Waals surface area contributed by atoms with Gasteiger partial charge in [0.2, 0.25) is 5.89 Å². The number of fused-ring (bicyclic) bond motifs is 1. The Balaban J connectivity index is 1.42. The quantitative estimate of drug-likeness (QED) is 0.548. The highest BCUT2D eigenvalue weighted by Crippen LogP contribution is 2.56. The predicted molar refractivity (Wildman–Crippen MR) is 101 cm³/mol. The van der Waals surface area contributed by atoms with E-state index < -0.39 is 5.60 Å². The second-order valence-corrected chi connectivity index (χ2v) is 8.81. The Hall–Kier alpha value is -2.45. The molecule has 1 unspecified atom stereocenters. The first kappa shape index (κ1) is 16.5. The molecule has 0 spiro atoms. The van der Waals surface area contributed by atoms with E-state index in [1.54, 1.807) is 6.20 Å². The van der Waals surface area contributed by atoms with Crippen LogP contribution in [0.4, 0.5) is 5.69 Å². The monoisotopic (exact) mass is 381 g/mol. The van der Waals surface area contributed by atoms with Gasteiger partial charge in [-0.2, -0.15) is 0 Å². The molecule has 4 fully saturated rings. The molecular weight excluding hydrogens is 358 g/mol. The van der Waals surface area contributed by atoms with Crippen LogP contribution in [-0.4, -0.2) is 42.0 Å². The zero-order valence-corrected chi connectivity index (χ0v) is 15.4. The lowest BCUT2D eigenvalue weighted by Crippen LogP contribution is -2.59. The van der Waals surface area contributed by atoms with E-state index in [1.807, 2.05) is 12.3 Å². The minimum atomic E-state index is -0.457. The Morgan fingerprint density at radius 2 is 2.04 bits per heavy atom. The zero-order valence-electron chi connectivity index (χ0n) is 15.4. The Morgan fingerprint density at radius 1 is 1.21 bits per heavy atom. The van der Waals surface area contributed by atoms with Gasteiger partial charge in [0.1, 0.15) is 12.3 Å². The van der Waals surface area contributed by atoms with E-state index >= 15 is 0 Å². The number of aromatic amines is 1. The van der Waals surface area contributed by atoms with E-state index in [4.69, 9.17) is 4.42 Å². The van der Waals surface area contributed by atoms with Crippen LogP contribution in [-0.2, 0) is 6.61 Å². The van der Waals surface area contributed by atoms with Crippen LogP contribution in [0, 0.1) is 17.8 Å². The third kappa shape index (κ3) is 2.41. The van der Waals surface area contributed by atoms with Gasteiger partial charge >= 0.3 is 0 Å². The molecule has 5 atom stereocenters. The van der Waals surface area contributed by atoms with Crippen LogP contribution in [0.1, 0.15) is 38.0 Å². The van der Waals surface area contributed by atoms with Crippen molar-refractivity contribution in [2.75, 3.05) is 5.32 Å². The van der Waals surface area contributed by atoms with Crippen molar-refractivity contribution in [2.24, 2.45) is 17.8 Å². The van der Waals surface area contributed by atoms with E-state index in [0.29, 0.717) is 29.7 Å². The van der Waals surface area contributed by atoms with Crippen LogP contribution in [0.2, 0.25) is 0 Å². The normalized spacial score (nSPS) is 33.6. The summed E-state index contributed by atoms with van der Waals surface area (Å²) < 4.78 is 5.61. The van der Waals surface area contributed by atoms with E-state index in [1.165, 1.54) is 12.8 Å². The second kappa shape index (κ2) is 5.78. The fourth-order valence-electron chi connectivity index (χ4n) is 6.14. The van der Waals surface area contributed by atoms with Gasteiger partial charge in [-0.05, 0) is 55.9 Å². The number of H-pyrrole nitrogens is 1. The van der Waals surface area contributed by atoms with Crippen LogP contribution in [0.5, 0.6) is 0 Å². The van der Waals surface area contributed by atoms with E-state index in [2.05, 4.69) is 25.5 Å². The van der Waals surface area contributed by atoms with Crippen LogP contribution in [0.3, 0.4) is 0 Å². The third-order valence-electron chi connectivity index (χ3n) is 6.97. The molecule has 0 aromatic carbocycles. The Bertz CT molecular complexity index is 1030. The van der Waals surface area contributed by atoms with Crippen LogP contribution in [0.25, 0.3) is 22.5 Å². The molecule has 0 amide bonds. The van der Waals surface area contributed by atoms with Crippen molar-refractivity contribution in [3.63, 3.8) is 0 Å². The number of rotatable bonds is 4. The first-order chi connectivity index (χ1) is 13.6. The van der Waals surface area contributed by atoms with E-state index in [-0.39, 0.29) is 12.5 Å². The van der Waals surface area contributed by atoms with Gasteiger partial charge in [-0.1, -0.05) is 0 Å². The number of aliphatic hydroxyl groups excluding tert-OH is 1. The average molecular weight is 381 g/mol. The topological polar surface area (TPSA) is 120 Å². The summed E-state index contributed by atoms with van der Waals surface area (Å²) in [5.41, 5.74) is 2.02. The Morgan fingerprint density at radius 3 is 2.75 bits per heavy atom. The highest BCUT2D eigenvalue weighted by Gasteiger charge is 2.54. The fraction of sp³-hybridized carbons (Fsp3) is 0.550. The summed E-state index contributed by atoms with van der Waals surface area (Å²) in [4.78, 5) is 7.65. The number of hydrogen-bond acceptors (Lipinski definition) is 7. The maximum Gasteiger partial charge on any atom is 0.251 e. The Kier molecular flexibility index (Phi) is 3.40. The predicted octanol–water partition coefficient (Wildman–Crippen LogP) is 2.46. The lowest BCUT2D eigenvalue weighted by molar-refractivity contribution is -0.129. The Labute approximate surface area is 161 Å². The van der Waals surface area contributed by atoms with Crippen LogP contribution >= 0.6 is 0 Å². The standard InChI is InChI=1S/C20H23N5O3/c26-9-15-24-25-19(28-15)14-8-22-18-13(1-2-21-18)17(14)23-16-11-3-10-4-12(16)7-20(27,5-10)6-11/h1-2,8,10-12,16,26-27H,3-7,9H2,(H2,21,22,23)/t10?,11-,12+,16-,20-. The molecule has 4 aliphatic carbocycles.